The van der Waals surface area contributed by atoms with Crippen LogP contribution < -0.4 is 0 Å². The molecule has 22 heavy (non-hydrogen) atoms. The molecular weight excluding hydrogens is 365 g/mol. The zero-order chi connectivity index (χ0) is 17.1. The fourth-order valence-electron chi connectivity index (χ4n) is 1.09. The van der Waals surface area contributed by atoms with Gasteiger partial charge in [-0.1, -0.05) is 40.0 Å². The second-order valence-corrected chi connectivity index (χ2v) is 4.44. The van der Waals surface area contributed by atoms with Crippen molar-refractivity contribution in [2.24, 2.45) is 0 Å². The Kier molecular flexibility index (Phi) is 37.3. The Morgan fingerprint density at radius 1 is 0.591 bits per heavy atom. The third kappa shape index (κ3) is 32.7. The van der Waals surface area contributed by atoms with Crippen molar-refractivity contribution in [3.63, 3.8) is 0 Å². The molecule has 0 aromatic heterocycles. The summed E-state index contributed by atoms with van der Waals surface area (Å²) in [5, 5.41) is 25.9. The van der Waals surface area contributed by atoms with E-state index in [1.54, 1.807) is 0 Å². The number of rotatable bonds is 9. The van der Waals surface area contributed by atoms with Crippen LogP contribution in [0.4, 0.5) is 0 Å². The molecule has 135 valence electrons. The van der Waals surface area contributed by atoms with Crippen LogP contribution in [0, 0.1) is 0 Å². The quantitative estimate of drug-likeness (QED) is 0.514. The van der Waals surface area contributed by atoms with Crippen molar-refractivity contribution in [1.29, 1.82) is 0 Å². The summed E-state index contributed by atoms with van der Waals surface area (Å²) in [7, 11) is 4.50. The van der Waals surface area contributed by atoms with Crippen LogP contribution in [0.15, 0.2) is 0 Å². The number of hydrogen-bond donors (Lipinski definition) is 3. The number of aliphatic hydroxyl groups excluding tert-OH is 3. The molecule has 0 aromatic rings. The minimum absolute atomic E-state index is 0. The monoisotopic (exact) mass is 401 g/mol. The standard InChI is InChI=1S/3C5H12O2.Y/c3*1-3-4-5(6)7-2;/h3*5-6H,3-4H2,1-2H3;. The van der Waals surface area contributed by atoms with Gasteiger partial charge in [0.2, 0.25) is 0 Å². The molecule has 0 aliphatic heterocycles. The fourth-order valence-corrected chi connectivity index (χ4v) is 1.09. The minimum atomic E-state index is -0.551. The van der Waals surface area contributed by atoms with E-state index in [0.717, 1.165) is 38.5 Å². The second-order valence-electron chi connectivity index (χ2n) is 4.44. The van der Waals surface area contributed by atoms with Gasteiger partial charge in [0.25, 0.3) is 0 Å². The summed E-state index contributed by atoms with van der Waals surface area (Å²) in [6.07, 6.45) is 3.45. The van der Waals surface area contributed by atoms with Gasteiger partial charge in [0.15, 0.2) is 18.9 Å². The predicted molar refractivity (Wildman–Crippen MR) is 83.8 cm³/mol. The van der Waals surface area contributed by atoms with Crippen molar-refractivity contribution in [1.82, 2.24) is 0 Å². The maximum Gasteiger partial charge on any atom is 0.154 e. The van der Waals surface area contributed by atoms with Gasteiger partial charge in [0, 0.05) is 54.0 Å². The minimum Gasteiger partial charge on any atom is -0.368 e. The maximum absolute atomic E-state index is 8.64. The molecule has 0 spiro atoms. The van der Waals surface area contributed by atoms with Crippen molar-refractivity contribution >= 4 is 0 Å². The number of aliphatic hydroxyl groups is 3. The molecule has 7 heteroatoms. The molecule has 0 heterocycles. The van der Waals surface area contributed by atoms with E-state index in [0.29, 0.717) is 0 Å². The molecule has 0 saturated heterocycles. The van der Waals surface area contributed by atoms with E-state index < -0.39 is 18.9 Å². The summed E-state index contributed by atoms with van der Waals surface area (Å²) in [4.78, 5) is 0. The Morgan fingerprint density at radius 2 is 0.773 bits per heavy atom. The largest absolute Gasteiger partial charge is 0.368 e. The van der Waals surface area contributed by atoms with Crippen LogP contribution in [-0.2, 0) is 46.9 Å². The molecule has 0 bridgehead atoms. The third-order valence-corrected chi connectivity index (χ3v) is 2.42. The molecule has 0 saturated carbocycles. The average molecular weight is 401 g/mol. The summed E-state index contributed by atoms with van der Waals surface area (Å²) < 4.78 is 13.6. The fraction of sp³-hybridized carbons (Fsp3) is 1.00. The van der Waals surface area contributed by atoms with Gasteiger partial charge < -0.3 is 29.5 Å². The van der Waals surface area contributed by atoms with E-state index in [-0.39, 0.29) is 32.7 Å². The zero-order valence-electron chi connectivity index (χ0n) is 15.1. The first-order chi connectivity index (χ1) is 9.92. The smallest absolute Gasteiger partial charge is 0.154 e. The third-order valence-electron chi connectivity index (χ3n) is 2.42. The van der Waals surface area contributed by atoms with Crippen LogP contribution in [0.3, 0.4) is 0 Å². The van der Waals surface area contributed by atoms with Crippen molar-refractivity contribution in [3.05, 3.63) is 0 Å². The van der Waals surface area contributed by atoms with Crippen LogP contribution in [-0.4, -0.2) is 55.5 Å². The summed E-state index contributed by atoms with van der Waals surface area (Å²) >= 11 is 0. The Morgan fingerprint density at radius 3 is 0.818 bits per heavy atom. The van der Waals surface area contributed by atoms with Crippen molar-refractivity contribution < 1.29 is 62.2 Å². The van der Waals surface area contributed by atoms with Crippen LogP contribution in [0.5, 0.6) is 0 Å². The van der Waals surface area contributed by atoms with E-state index >= 15 is 0 Å². The molecule has 3 atom stereocenters. The normalized spacial score (nSPS) is 13.5. The van der Waals surface area contributed by atoms with Gasteiger partial charge in [0.1, 0.15) is 0 Å². The van der Waals surface area contributed by atoms with Gasteiger partial charge in [-0.3, -0.25) is 0 Å². The summed E-state index contributed by atoms with van der Waals surface area (Å²) in [5.74, 6) is 0. The molecule has 6 nitrogen and oxygen atoms in total. The van der Waals surface area contributed by atoms with E-state index in [1.807, 2.05) is 20.8 Å². The Bertz CT molecular complexity index is 146. The van der Waals surface area contributed by atoms with Gasteiger partial charge in [-0.05, 0) is 19.3 Å². The van der Waals surface area contributed by atoms with E-state index in [4.69, 9.17) is 15.3 Å². The summed E-state index contributed by atoms with van der Waals surface area (Å²) in [6, 6.07) is 0. The zero-order valence-corrected chi connectivity index (χ0v) is 18.0. The van der Waals surface area contributed by atoms with Gasteiger partial charge in [-0.25, -0.2) is 0 Å². The maximum atomic E-state index is 8.64. The molecular formula is C15H36O6Y. The van der Waals surface area contributed by atoms with Gasteiger partial charge >= 0.3 is 0 Å². The van der Waals surface area contributed by atoms with Crippen LogP contribution in [0.1, 0.15) is 59.3 Å². The SMILES string of the molecule is CCCC(O)OC.CCCC(O)OC.CCCC(O)OC.[Y]. The second kappa shape index (κ2) is 26.7. The van der Waals surface area contributed by atoms with E-state index in [2.05, 4.69) is 14.2 Å². The Labute approximate surface area is 161 Å². The van der Waals surface area contributed by atoms with Crippen molar-refractivity contribution in [2.45, 2.75) is 78.2 Å². The first-order valence-corrected chi connectivity index (χ1v) is 7.55. The molecule has 0 aliphatic carbocycles. The average Bonchev–Trinajstić information content (AvgIpc) is 2.49. The molecule has 0 fully saturated rings. The molecule has 3 unspecified atom stereocenters. The summed E-state index contributed by atoms with van der Waals surface area (Å²) in [6.45, 7) is 6.01. The Hall–Kier alpha value is 0.864. The van der Waals surface area contributed by atoms with Crippen molar-refractivity contribution in [3.8, 4) is 0 Å². The topological polar surface area (TPSA) is 88.4 Å². The van der Waals surface area contributed by atoms with Crippen molar-refractivity contribution in [2.75, 3.05) is 21.3 Å². The Balaban J connectivity index is -0.000000108. The van der Waals surface area contributed by atoms with E-state index in [9.17, 15) is 0 Å². The van der Waals surface area contributed by atoms with Gasteiger partial charge in [-0.15, -0.1) is 0 Å². The molecule has 3 N–H and O–H groups in total. The number of hydrogen-bond acceptors (Lipinski definition) is 6. The number of methoxy groups -OCH3 is 3. The predicted octanol–water partition coefficient (Wildman–Crippen LogP) is 2.25. The first-order valence-electron chi connectivity index (χ1n) is 7.55. The van der Waals surface area contributed by atoms with Gasteiger partial charge in [-0.2, -0.15) is 0 Å². The van der Waals surface area contributed by atoms with Gasteiger partial charge in [0.05, 0.1) is 0 Å². The molecule has 0 rings (SSSR count). The van der Waals surface area contributed by atoms with Crippen LogP contribution in [0.2, 0.25) is 0 Å². The summed E-state index contributed by atoms with van der Waals surface area (Å²) in [5.41, 5.74) is 0. The molecule has 0 aromatic carbocycles. The van der Waals surface area contributed by atoms with E-state index in [1.165, 1.54) is 21.3 Å². The first kappa shape index (κ1) is 30.7. The molecule has 1 radical (unpaired) electrons. The molecule has 0 amide bonds. The van der Waals surface area contributed by atoms with Crippen LogP contribution >= 0.6 is 0 Å². The molecule has 0 aliphatic rings. The van der Waals surface area contributed by atoms with Crippen LogP contribution in [0.25, 0.3) is 0 Å². The number of ether oxygens (including phenoxy) is 3.